The van der Waals surface area contributed by atoms with Gasteiger partial charge in [0.05, 0.1) is 18.5 Å². The predicted octanol–water partition coefficient (Wildman–Crippen LogP) is 4.70. The SMILES string of the molecule is COc1ccc2cc(Br)ccc2c1CC(=O)Nc1cccc([N+](=O)[O-])c1. The van der Waals surface area contributed by atoms with E-state index in [1.54, 1.807) is 13.2 Å². The minimum absolute atomic E-state index is 0.0737. The van der Waals surface area contributed by atoms with Gasteiger partial charge in [-0.3, -0.25) is 14.9 Å². The van der Waals surface area contributed by atoms with Crippen molar-refractivity contribution in [2.24, 2.45) is 0 Å². The van der Waals surface area contributed by atoms with Crippen molar-refractivity contribution in [2.75, 3.05) is 12.4 Å². The summed E-state index contributed by atoms with van der Waals surface area (Å²) in [4.78, 5) is 22.9. The Labute approximate surface area is 158 Å². The zero-order chi connectivity index (χ0) is 18.7. The summed E-state index contributed by atoms with van der Waals surface area (Å²) < 4.78 is 6.35. The van der Waals surface area contributed by atoms with Crippen LogP contribution < -0.4 is 10.1 Å². The summed E-state index contributed by atoms with van der Waals surface area (Å²) in [7, 11) is 1.56. The third-order valence-corrected chi connectivity index (χ3v) is 4.44. The monoisotopic (exact) mass is 414 g/mol. The van der Waals surface area contributed by atoms with Gasteiger partial charge in [0.25, 0.3) is 5.69 Å². The van der Waals surface area contributed by atoms with Crippen LogP contribution in [0.25, 0.3) is 10.8 Å². The van der Waals surface area contributed by atoms with E-state index in [0.717, 1.165) is 20.8 Å². The fourth-order valence-electron chi connectivity index (χ4n) is 2.78. The number of benzene rings is 3. The lowest BCUT2D eigenvalue weighted by atomic mass is 10.0. The molecule has 0 aromatic heterocycles. The Hall–Kier alpha value is -2.93. The first-order valence-corrected chi connectivity index (χ1v) is 8.56. The van der Waals surface area contributed by atoms with E-state index in [4.69, 9.17) is 4.74 Å². The molecule has 0 saturated heterocycles. The van der Waals surface area contributed by atoms with Crippen LogP contribution in [0.3, 0.4) is 0 Å². The van der Waals surface area contributed by atoms with E-state index in [2.05, 4.69) is 21.2 Å². The number of ether oxygens (including phenoxy) is 1. The number of anilines is 1. The molecule has 0 aliphatic carbocycles. The van der Waals surface area contributed by atoms with Crippen LogP contribution in [-0.4, -0.2) is 17.9 Å². The minimum Gasteiger partial charge on any atom is -0.496 e. The quantitative estimate of drug-likeness (QED) is 0.484. The van der Waals surface area contributed by atoms with E-state index in [9.17, 15) is 14.9 Å². The number of hydrogen-bond acceptors (Lipinski definition) is 4. The smallest absolute Gasteiger partial charge is 0.271 e. The van der Waals surface area contributed by atoms with Gasteiger partial charge in [-0.1, -0.05) is 34.1 Å². The van der Waals surface area contributed by atoms with Gasteiger partial charge < -0.3 is 10.1 Å². The molecule has 3 rings (SSSR count). The van der Waals surface area contributed by atoms with Gasteiger partial charge in [-0.25, -0.2) is 0 Å². The number of halogens is 1. The van der Waals surface area contributed by atoms with Gasteiger partial charge in [0.1, 0.15) is 5.75 Å². The number of non-ortho nitro benzene ring substituents is 1. The molecule has 0 radical (unpaired) electrons. The summed E-state index contributed by atoms with van der Waals surface area (Å²) in [5, 5.41) is 15.5. The average Bonchev–Trinajstić information content (AvgIpc) is 2.61. The molecule has 1 N–H and O–H groups in total. The zero-order valence-electron chi connectivity index (χ0n) is 13.9. The Morgan fingerprint density at radius 2 is 2.00 bits per heavy atom. The molecule has 0 fully saturated rings. The maximum Gasteiger partial charge on any atom is 0.271 e. The van der Waals surface area contributed by atoms with Crippen LogP contribution in [-0.2, 0) is 11.2 Å². The van der Waals surface area contributed by atoms with E-state index >= 15 is 0 Å². The van der Waals surface area contributed by atoms with Gasteiger partial charge in [-0.15, -0.1) is 0 Å². The predicted molar refractivity (Wildman–Crippen MR) is 104 cm³/mol. The van der Waals surface area contributed by atoms with Gasteiger partial charge in [-0.05, 0) is 35.0 Å². The van der Waals surface area contributed by atoms with Crippen molar-refractivity contribution in [3.05, 3.63) is 74.7 Å². The summed E-state index contributed by atoms with van der Waals surface area (Å²) in [5.41, 5.74) is 1.07. The molecule has 6 nitrogen and oxygen atoms in total. The lowest BCUT2D eigenvalue weighted by Crippen LogP contribution is -2.15. The van der Waals surface area contributed by atoms with Crippen molar-refractivity contribution >= 4 is 44.0 Å². The molecule has 0 aliphatic heterocycles. The minimum atomic E-state index is -0.499. The lowest BCUT2D eigenvalue weighted by molar-refractivity contribution is -0.384. The number of nitro groups is 1. The van der Waals surface area contributed by atoms with Crippen LogP contribution in [0, 0.1) is 10.1 Å². The third-order valence-electron chi connectivity index (χ3n) is 3.95. The first-order valence-electron chi connectivity index (χ1n) is 7.77. The highest BCUT2D eigenvalue weighted by molar-refractivity contribution is 9.10. The molecule has 1 amide bonds. The van der Waals surface area contributed by atoms with Crippen LogP contribution in [0.2, 0.25) is 0 Å². The molecule has 0 aliphatic rings. The van der Waals surface area contributed by atoms with E-state index in [1.165, 1.54) is 18.2 Å². The van der Waals surface area contributed by atoms with E-state index < -0.39 is 4.92 Å². The molecule has 7 heteroatoms. The lowest BCUT2D eigenvalue weighted by Gasteiger charge is -2.13. The van der Waals surface area contributed by atoms with Gasteiger partial charge in [0.2, 0.25) is 5.91 Å². The fraction of sp³-hybridized carbons (Fsp3) is 0.105. The molecule has 0 spiro atoms. The molecule has 0 atom stereocenters. The number of carbonyl (C=O) groups is 1. The van der Waals surface area contributed by atoms with E-state index in [0.29, 0.717) is 11.4 Å². The zero-order valence-corrected chi connectivity index (χ0v) is 15.4. The summed E-state index contributed by atoms with van der Waals surface area (Å²) in [6.45, 7) is 0. The van der Waals surface area contributed by atoms with Crippen LogP contribution in [0.5, 0.6) is 5.75 Å². The number of rotatable bonds is 5. The Bertz CT molecular complexity index is 1000. The number of nitrogens with zero attached hydrogens (tertiary/aromatic N) is 1. The largest absolute Gasteiger partial charge is 0.496 e. The Balaban J connectivity index is 1.89. The first kappa shape index (κ1) is 17.9. The maximum atomic E-state index is 12.5. The second-order valence-electron chi connectivity index (χ2n) is 5.64. The van der Waals surface area contributed by atoms with Crippen molar-refractivity contribution in [1.82, 2.24) is 0 Å². The second kappa shape index (κ2) is 7.53. The number of amides is 1. The highest BCUT2D eigenvalue weighted by Crippen LogP contribution is 2.30. The number of hydrogen-bond donors (Lipinski definition) is 1. The molecule has 0 unspecified atom stereocenters. The van der Waals surface area contributed by atoms with Crippen LogP contribution in [0.15, 0.2) is 59.1 Å². The van der Waals surface area contributed by atoms with Crippen LogP contribution in [0.1, 0.15) is 5.56 Å². The Morgan fingerprint density at radius 1 is 1.19 bits per heavy atom. The van der Waals surface area contributed by atoms with E-state index in [1.807, 2.05) is 30.3 Å². The fourth-order valence-corrected chi connectivity index (χ4v) is 3.16. The molecular weight excluding hydrogens is 400 g/mol. The molecule has 0 saturated carbocycles. The topological polar surface area (TPSA) is 81.5 Å². The number of carbonyl (C=O) groups excluding carboxylic acids is 1. The second-order valence-corrected chi connectivity index (χ2v) is 6.56. The van der Waals surface area contributed by atoms with Gasteiger partial charge in [-0.2, -0.15) is 0 Å². The van der Waals surface area contributed by atoms with Crippen molar-refractivity contribution in [3.8, 4) is 5.75 Å². The molecule has 0 bridgehead atoms. The third kappa shape index (κ3) is 3.83. The number of nitrogens with one attached hydrogen (secondary N) is 1. The summed E-state index contributed by atoms with van der Waals surface area (Å²) in [6, 6.07) is 15.4. The van der Waals surface area contributed by atoms with Crippen molar-refractivity contribution in [2.45, 2.75) is 6.42 Å². The molecule has 3 aromatic rings. The molecular formula is C19H15BrN2O4. The molecule has 132 valence electrons. The van der Waals surface area contributed by atoms with Gasteiger partial charge in [0.15, 0.2) is 0 Å². The average molecular weight is 415 g/mol. The van der Waals surface area contributed by atoms with Gasteiger partial charge in [0, 0.05) is 27.9 Å². The normalized spacial score (nSPS) is 10.5. The highest BCUT2D eigenvalue weighted by atomic mass is 79.9. The van der Waals surface area contributed by atoms with Crippen LogP contribution >= 0.6 is 15.9 Å². The highest BCUT2D eigenvalue weighted by Gasteiger charge is 2.14. The van der Waals surface area contributed by atoms with E-state index in [-0.39, 0.29) is 18.0 Å². The Morgan fingerprint density at radius 3 is 2.73 bits per heavy atom. The summed E-state index contributed by atoms with van der Waals surface area (Å²) >= 11 is 3.44. The molecule has 0 heterocycles. The first-order chi connectivity index (χ1) is 12.5. The standard InChI is InChI=1S/C19H15BrN2O4/c1-26-18-8-5-12-9-13(20)6-7-16(12)17(18)11-19(23)21-14-3-2-4-15(10-14)22(24)25/h2-10H,11H2,1H3,(H,21,23). The summed E-state index contributed by atoms with van der Waals surface area (Å²) in [6.07, 6.45) is 0.0881. The van der Waals surface area contributed by atoms with Gasteiger partial charge >= 0.3 is 0 Å². The maximum absolute atomic E-state index is 12.5. The molecule has 3 aromatic carbocycles. The molecule has 26 heavy (non-hydrogen) atoms. The van der Waals surface area contributed by atoms with Crippen LogP contribution in [0.4, 0.5) is 11.4 Å². The number of nitro benzene ring substituents is 1. The van der Waals surface area contributed by atoms with Crippen molar-refractivity contribution < 1.29 is 14.5 Å². The number of methoxy groups -OCH3 is 1. The van der Waals surface area contributed by atoms with Crippen molar-refractivity contribution in [3.63, 3.8) is 0 Å². The Kier molecular flexibility index (Phi) is 5.18. The van der Waals surface area contributed by atoms with Crippen molar-refractivity contribution in [1.29, 1.82) is 0 Å². The number of fused-ring (bicyclic) bond motifs is 1. The summed E-state index contributed by atoms with van der Waals surface area (Å²) in [5.74, 6) is 0.341.